The molecule has 3 rings (SSSR count). The van der Waals surface area contributed by atoms with E-state index in [4.69, 9.17) is 9.15 Å². The first-order chi connectivity index (χ1) is 11.1. The number of hydrogen-bond donors (Lipinski definition) is 0. The highest BCUT2D eigenvalue weighted by Crippen LogP contribution is 2.23. The van der Waals surface area contributed by atoms with Gasteiger partial charge in [-0.3, -0.25) is 0 Å². The Morgan fingerprint density at radius 2 is 1.87 bits per heavy atom. The summed E-state index contributed by atoms with van der Waals surface area (Å²) in [4.78, 5) is 4.36. The fraction of sp³-hybridized carbons (Fsp3) is 0.438. The predicted octanol–water partition coefficient (Wildman–Crippen LogP) is 2.74. The van der Waals surface area contributed by atoms with Crippen LogP contribution in [-0.2, 0) is 16.6 Å². The number of hydrogen-bond acceptors (Lipinski definition) is 5. The van der Waals surface area contributed by atoms with Crippen molar-refractivity contribution in [3.05, 3.63) is 42.1 Å². The topological polar surface area (TPSA) is 72.6 Å². The number of aryl methyl sites for hydroxylation is 1. The van der Waals surface area contributed by atoms with Gasteiger partial charge in [0.15, 0.2) is 6.61 Å². The molecular formula is C16H20N2O4S. The number of ether oxygens (including phenoxy) is 1. The van der Waals surface area contributed by atoms with Crippen LogP contribution in [0.3, 0.4) is 0 Å². The molecule has 0 saturated carbocycles. The largest absolute Gasteiger partial charge is 0.484 e. The maximum Gasteiger partial charge on any atom is 0.243 e. The number of rotatable bonds is 5. The fourth-order valence-electron chi connectivity index (χ4n) is 2.58. The van der Waals surface area contributed by atoms with Crippen molar-refractivity contribution >= 4 is 10.0 Å². The van der Waals surface area contributed by atoms with Gasteiger partial charge in [-0.05, 0) is 44.0 Å². The summed E-state index contributed by atoms with van der Waals surface area (Å²) in [6.45, 7) is 3.23. The van der Waals surface area contributed by atoms with Gasteiger partial charge in [-0.25, -0.2) is 13.4 Å². The molecule has 2 heterocycles. The summed E-state index contributed by atoms with van der Waals surface area (Å²) >= 11 is 0. The molecular weight excluding hydrogens is 316 g/mol. The fourth-order valence-corrected chi connectivity index (χ4v) is 4.09. The molecule has 1 aliphatic heterocycles. The van der Waals surface area contributed by atoms with Gasteiger partial charge < -0.3 is 9.15 Å². The van der Waals surface area contributed by atoms with Gasteiger partial charge in [0.2, 0.25) is 15.9 Å². The number of aromatic nitrogens is 1. The van der Waals surface area contributed by atoms with Crippen molar-refractivity contribution in [3.63, 3.8) is 0 Å². The normalized spacial score (nSPS) is 16.4. The molecule has 1 aromatic heterocycles. The summed E-state index contributed by atoms with van der Waals surface area (Å²) in [6, 6.07) is 6.49. The molecule has 0 unspecified atom stereocenters. The minimum atomic E-state index is -3.40. The summed E-state index contributed by atoms with van der Waals surface area (Å²) in [7, 11) is -3.40. The lowest BCUT2D eigenvalue weighted by Crippen LogP contribution is -2.35. The first-order valence-corrected chi connectivity index (χ1v) is 9.14. The summed E-state index contributed by atoms with van der Waals surface area (Å²) in [6.07, 6.45) is 4.58. The van der Waals surface area contributed by atoms with E-state index in [1.807, 2.05) is 6.92 Å². The molecule has 124 valence electrons. The molecule has 1 fully saturated rings. The van der Waals surface area contributed by atoms with E-state index in [0.29, 0.717) is 29.6 Å². The van der Waals surface area contributed by atoms with E-state index >= 15 is 0 Å². The standard InChI is InChI=1S/C16H20N2O4S/c1-13-11-17-16(22-13)12-21-14-5-7-15(8-6-14)23(19,20)18-9-3-2-4-10-18/h5-8,11H,2-4,9-10,12H2,1H3. The Bertz CT molecular complexity index is 747. The lowest BCUT2D eigenvalue weighted by Gasteiger charge is -2.25. The van der Waals surface area contributed by atoms with Gasteiger partial charge in [0.05, 0.1) is 11.1 Å². The van der Waals surface area contributed by atoms with Crippen molar-refractivity contribution < 1.29 is 17.6 Å². The van der Waals surface area contributed by atoms with Crippen LogP contribution < -0.4 is 4.74 Å². The zero-order chi connectivity index (χ0) is 16.3. The second-order valence-electron chi connectivity index (χ2n) is 5.59. The van der Waals surface area contributed by atoms with Gasteiger partial charge in [0.1, 0.15) is 11.5 Å². The molecule has 6 nitrogen and oxygen atoms in total. The van der Waals surface area contributed by atoms with E-state index in [0.717, 1.165) is 25.0 Å². The van der Waals surface area contributed by atoms with Crippen LogP contribution in [0, 0.1) is 6.92 Å². The maximum absolute atomic E-state index is 12.5. The molecule has 1 saturated heterocycles. The van der Waals surface area contributed by atoms with Crippen molar-refractivity contribution in [2.24, 2.45) is 0 Å². The Morgan fingerprint density at radius 1 is 1.17 bits per heavy atom. The molecule has 23 heavy (non-hydrogen) atoms. The minimum absolute atomic E-state index is 0.214. The second-order valence-corrected chi connectivity index (χ2v) is 7.53. The molecule has 1 aromatic carbocycles. The van der Waals surface area contributed by atoms with E-state index in [1.54, 1.807) is 34.8 Å². The Labute approximate surface area is 136 Å². The van der Waals surface area contributed by atoms with Crippen molar-refractivity contribution in [2.75, 3.05) is 13.1 Å². The quantitative estimate of drug-likeness (QED) is 0.839. The highest BCUT2D eigenvalue weighted by molar-refractivity contribution is 7.89. The third-order valence-electron chi connectivity index (χ3n) is 3.81. The molecule has 7 heteroatoms. The summed E-state index contributed by atoms with van der Waals surface area (Å²) in [5.74, 6) is 1.80. The van der Waals surface area contributed by atoms with Gasteiger partial charge in [0.25, 0.3) is 0 Å². The molecule has 0 spiro atoms. The minimum Gasteiger partial charge on any atom is -0.484 e. The second kappa shape index (κ2) is 6.72. The molecule has 0 atom stereocenters. The van der Waals surface area contributed by atoms with Crippen LogP contribution in [0.1, 0.15) is 30.9 Å². The van der Waals surface area contributed by atoms with Crippen molar-refractivity contribution in [1.82, 2.24) is 9.29 Å². The Morgan fingerprint density at radius 3 is 2.48 bits per heavy atom. The molecule has 1 aliphatic rings. The molecule has 0 N–H and O–H groups in total. The van der Waals surface area contributed by atoms with Crippen LogP contribution in [0.4, 0.5) is 0 Å². The zero-order valence-electron chi connectivity index (χ0n) is 13.1. The number of piperidine rings is 1. The SMILES string of the molecule is Cc1cnc(COc2ccc(S(=O)(=O)N3CCCCC3)cc2)o1. The lowest BCUT2D eigenvalue weighted by atomic mass is 10.2. The van der Waals surface area contributed by atoms with Crippen LogP contribution in [0.5, 0.6) is 5.75 Å². The number of sulfonamides is 1. The van der Waals surface area contributed by atoms with Crippen LogP contribution in [0.25, 0.3) is 0 Å². The van der Waals surface area contributed by atoms with Crippen molar-refractivity contribution in [1.29, 1.82) is 0 Å². The van der Waals surface area contributed by atoms with Gasteiger partial charge in [-0.2, -0.15) is 4.31 Å². The Balaban J connectivity index is 1.66. The van der Waals surface area contributed by atoms with E-state index in [9.17, 15) is 8.42 Å². The third kappa shape index (κ3) is 3.73. The highest BCUT2D eigenvalue weighted by Gasteiger charge is 2.25. The number of nitrogens with zero attached hydrogens (tertiary/aromatic N) is 2. The summed E-state index contributed by atoms with van der Waals surface area (Å²) in [5.41, 5.74) is 0. The number of benzene rings is 1. The van der Waals surface area contributed by atoms with Gasteiger partial charge in [-0.1, -0.05) is 6.42 Å². The van der Waals surface area contributed by atoms with Crippen LogP contribution in [-0.4, -0.2) is 30.8 Å². The van der Waals surface area contributed by atoms with Gasteiger partial charge in [-0.15, -0.1) is 0 Å². The highest BCUT2D eigenvalue weighted by atomic mass is 32.2. The van der Waals surface area contributed by atoms with Gasteiger partial charge in [0, 0.05) is 13.1 Å². The Kier molecular flexibility index (Phi) is 4.68. The smallest absolute Gasteiger partial charge is 0.243 e. The molecule has 0 bridgehead atoms. The number of oxazole rings is 1. The molecule has 2 aromatic rings. The van der Waals surface area contributed by atoms with Crippen LogP contribution >= 0.6 is 0 Å². The predicted molar refractivity (Wildman–Crippen MR) is 84.6 cm³/mol. The van der Waals surface area contributed by atoms with Crippen molar-refractivity contribution in [2.45, 2.75) is 37.7 Å². The monoisotopic (exact) mass is 336 g/mol. The lowest BCUT2D eigenvalue weighted by molar-refractivity contribution is 0.260. The van der Waals surface area contributed by atoms with Gasteiger partial charge >= 0.3 is 0 Å². The van der Waals surface area contributed by atoms with E-state index in [2.05, 4.69) is 4.98 Å². The molecule has 0 amide bonds. The first kappa shape index (κ1) is 16.0. The summed E-state index contributed by atoms with van der Waals surface area (Å²) in [5, 5.41) is 0. The van der Waals surface area contributed by atoms with E-state index in [-0.39, 0.29) is 6.61 Å². The summed E-state index contributed by atoms with van der Waals surface area (Å²) < 4.78 is 37.5. The van der Waals surface area contributed by atoms with Crippen LogP contribution in [0.15, 0.2) is 39.8 Å². The van der Waals surface area contributed by atoms with Crippen LogP contribution in [0.2, 0.25) is 0 Å². The first-order valence-electron chi connectivity index (χ1n) is 7.70. The average molecular weight is 336 g/mol. The zero-order valence-corrected chi connectivity index (χ0v) is 13.9. The Hall–Kier alpha value is -1.86. The maximum atomic E-state index is 12.5. The van der Waals surface area contributed by atoms with E-state index < -0.39 is 10.0 Å². The molecule has 0 radical (unpaired) electrons. The molecule has 0 aliphatic carbocycles. The van der Waals surface area contributed by atoms with Crippen molar-refractivity contribution in [3.8, 4) is 5.75 Å². The third-order valence-corrected chi connectivity index (χ3v) is 5.72. The average Bonchev–Trinajstić information content (AvgIpc) is 3.00. The van der Waals surface area contributed by atoms with E-state index in [1.165, 1.54) is 0 Å².